The fourth-order valence-corrected chi connectivity index (χ4v) is 6.56. The second-order valence-corrected chi connectivity index (χ2v) is 12.0. The SMILES string of the molecule is CCOc1ccccc1N(CC(=O)Nc1nnc(SCc2ccccc2)s1)S(=O)(=O)c1ccc(C)cc1. The molecule has 0 saturated carbocycles. The van der Waals surface area contributed by atoms with Crippen molar-refractivity contribution in [2.24, 2.45) is 0 Å². The van der Waals surface area contributed by atoms with Gasteiger partial charge in [-0.15, -0.1) is 10.2 Å². The number of anilines is 2. The summed E-state index contributed by atoms with van der Waals surface area (Å²) in [4.78, 5) is 13.1. The first kappa shape index (κ1) is 26.6. The Morgan fingerprint density at radius 1 is 1.00 bits per heavy atom. The van der Waals surface area contributed by atoms with Crippen LogP contribution in [0.15, 0.2) is 88.1 Å². The summed E-state index contributed by atoms with van der Waals surface area (Å²) in [7, 11) is -4.08. The number of thioether (sulfide) groups is 1. The van der Waals surface area contributed by atoms with Crippen LogP contribution in [0.25, 0.3) is 0 Å². The van der Waals surface area contributed by atoms with E-state index in [0.717, 1.165) is 21.2 Å². The maximum atomic E-state index is 13.7. The molecule has 11 heteroatoms. The number of para-hydroxylation sites is 2. The summed E-state index contributed by atoms with van der Waals surface area (Å²) < 4.78 is 34.8. The Bertz CT molecular complexity index is 1440. The Kier molecular flexibility index (Phi) is 8.80. The highest BCUT2D eigenvalue weighted by molar-refractivity contribution is 8.00. The van der Waals surface area contributed by atoms with Crippen LogP contribution in [0.5, 0.6) is 5.75 Å². The number of nitrogens with zero attached hydrogens (tertiary/aromatic N) is 3. The summed E-state index contributed by atoms with van der Waals surface area (Å²) in [5.74, 6) is 0.543. The van der Waals surface area contributed by atoms with Gasteiger partial charge in [-0.3, -0.25) is 14.4 Å². The summed E-state index contributed by atoms with van der Waals surface area (Å²) >= 11 is 2.75. The van der Waals surface area contributed by atoms with Crippen LogP contribution in [-0.2, 0) is 20.6 Å². The molecule has 0 aliphatic carbocycles. The van der Waals surface area contributed by atoms with Crippen molar-refractivity contribution in [3.8, 4) is 5.75 Å². The summed E-state index contributed by atoms with van der Waals surface area (Å²) in [6, 6.07) is 23.2. The predicted molar refractivity (Wildman–Crippen MR) is 148 cm³/mol. The quantitative estimate of drug-likeness (QED) is 0.196. The highest BCUT2D eigenvalue weighted by Crippen LogP contribution is 2.33. The second-order valence-electron chi connectivity index (χ2n) is 7.92. The van der Waals surface area contributed by atoms with Gasteiger partial charge in [0.15, 0.2) is 4.34 Å². The molecule has 4 rings (SSSR count). The molecule has 4 aromatic rings. The molecule has 0 spiro atoms. The van der Waals surface area contributed by atoms with Crippen LogP contribution < -0.4 is 14.4 Å². The van der Waals surface area contributed by atoms with Crippen molar-refractivity contribution in [3.05, 3.63) is 90.0 Å². The number of hydrogen-bond donors (Lipinski definition) is 1. The molecule has 0 unspecified atom stereocenters. The van der Waals surface area contributed by atoms with Gasteiger partial charge >= 0.3 is 0 Å². The average molecular weight is 555 g/mol. The number of nitrogens with one attached hydrogen (secondary N) is 1. The zero-order valence-electron chi connectivity index (χ0n) is 20.3. The third-order valence-electron chi connectivity index (χ3n) is 5.19. The predicted octanol–water partition coefficient (Wildman–Crippen LogP) is 5.37. The maximum absolute atomic E-state index is 13.7. The van der Waals surface area contributed by atoms with Gasteiger partial charge in [-0.2, -0.15) is 0 Å². The van der Waals surface area contributed by atoms with E-state index in [-0.39, 0.29) is 10.6 Å². The number of carbonyl (C=O) groups excluding carboxylic acids is 1. The Balaban J connectivity index is 1.54. The molecule has 192 valence electrons. The van der Waals surface area contributed by atoms with Crippen LogP contribution in [0, 0.1) is 6.92 Å². The molecular formula is C26H26N4O4S3. The minimum atomic E-state index is -4.08. The molecule has 0 aliphatic heterocycles. The van der Waals surface area contributed by atoms with E-state index in [4.69, 9.17) is 4.74 Å². The van der Waals surface area contributed by atoms with Gasteiger partial charge < -0.3 is 4.74 Å². The third kappa shape index (κ3) is 6.88. The van der Waals surface area contributed by atoms with E-state index in [1.165, 1.54) is 35.2 Å². The molecule has 0 fully saturated rings. The Morgan fingerprint density at radius 2 is 1.70 bits per heavy atom. The number of rotatable bonds is 11. The lowest BCUT2D eigenvalue weighted by Gasteiger charge is -2.25. The number of ether oxygens (including phenoxy) is 1. The van der Waals surface area contributed by atoms with Crippen molar-refractivity contribution < 1.29 is 17.9 Å². The summed E-state index contributed by atoms with van der Waals surface area (Å²) in [5.41, 5.74) is 2.35. The summed E-state index contributed by atoms with van der Waals surface area (Å²) in [5, 5.41) is 11.2. The fourth-order valence-electron chi connectivity index (χ4n) is 3.41. The number of aryl methyl sites for hydroxylation is 1. The zero-order chi connectivity index (χ0) is 26.3. The van der Waals surface area contributed by atoms with Gasteiger partial charge in [-0.05, 0) is 43.7 Å². The topological polar surface area (TPSA) is 101 Å². The van der Waals surface area contributed by atoms with Gasteiger partial charge in [0.25, 0.3) is 10.0 Å². The van der Waals surface area contributed by atoms with Crippen LogP contribution in [-0.4, -0.2) is 37.7 Å². The standard InChI is InChI=1S/C26H26N4O4S3/c1-3-34-23-12-8-7-11-22(23)30(37(32,33)21-15-13-19(2)14-16-21)17-24(31)27-25-28-29-26(36-25)35-18-20-9-5-4-6-10-20/h4-16H,3,17-18H2,1-2H3,(H,27,28,31). The van der Waals surface area contributed by atoms with Gasteiger partial charge in [0, 0.05) is 5.75 Å². The number of aromatic nitrogens is 2. The molecule has 1 amide bonds. The van der Waals surface area contributed by atoms with E-state index >= 15 is 0 Å². The van der Waals surface area contributed by atoms with Crippen molar-refractivity contribution in [3.63, 3.8) is 0 Å². The molecule has 0 bridgehead atoms. The largest absolute Gasteiger partial charge is 0.492 e. The maximum Gasteiger partial charge on any atom is 0.264 e. The Morgan fingerprint density at radius 3 is 2.43 bits per heavy atom. The summed E-state index contributed by atoms with van der Waals surface area (Å²) in [6.45, 7) is 3.56. The molecule has 0 radical (unpaired) electrons. The lowest BCUT2D eigenvalue weighted by Crippen LogP contribution is -2.38. The number of amides is 1. The molecule has 1 heterocycles. The van der Waals surface area contributed by atoms with E-state index in [9.17, 15) is 13.2 Å². The average Bonchev–Trinajstić information content (AvgIpc) is 3.34. The molecule has 37 heavy (non-hydrogen) atoms. The highest BCUT2D eigenvalue weighted by Gasteiger charge is 2.29. The van der Waals surface area contributed by atoms with Crippen LogP contribution in [0.1, 0.15) is 18.1 Å². The normalized spacial score (nSPS) is 11.2. The van der Waals surface area contributed by atoms with Gasteiger partial charge in [0.1, 0.15) is 12.3 Å². The minimum Gasteiger partial charge on any atom is -0.492 e. The molecular weight excluding hydrogens is 529 g/mol. The van der Waals surface area contributed by atoms with Gasteiger partial charge in [-0.25, -0.2) is 8.42 Å². The van der Waals surface area contributed by atoms with E-state index in [1.807, 2.05) is 44.2 Å². The van der Waals surface area contributed by atoms with Crippen LogP contribution in [0.4, 0.5) is 10.8 Å². The second kappa shape index (κ2) is 12.2. The molecule has 0 saturated heterocycles. The number of hydrogen-bond acceptors (Lipinski definition) is 8. The van der Waals surface area contributed by atoms with Gasteiger partial charge in [0.2, 0.25) is 11.0 Å². The molecule has 1 aromatic heterocycles. The van der Waals surface area contributed by atoms with E-state index in [0.29, 0.717) is 21.8 Å². The Labute approximate surface area is 224 Å². The molecule has 8 nitrogen and oxygen atoms in total. The first-order valence-electron chi connectivity index (χ1n) is 11.5. The smallest absolute Gasteiger partial charge is 0.264 e. The van der Waals surface area contributed by atoms with Crippen molar-refractivity contribution in [2.45, 2.75) is 28.8 Å². The van der Waals surface area contributed by atoms with Crippen molar-refractivity contribution in [1.82, 2.24) is 10.2 Å². The number of benzene rings is 3. The molecule has 0 atom stereocenters. The molecule has 1 N–H and O–H groups in total. The van der Waals surface area contributed by atoms with Crippen molar-refractivity contribution in [2.75, 3.05) is 22.8 Å². The van der Waals surface area contributed by atoms with E-state index < -0.39 is 22.5 Å². The summed E-state index contributed by atoms with van der Waals surface area (Å²) in [6.07, 6.45) is 0. The van der Waals surface area contributed by atoms with E-state index in [1.54, 1.807) is 36.4 Å². The Hall–Kier alpha value is -3.41. The van der Waals surface area contributed by atoms with Crippen molar-refractivity contribution >= 4 is 49.8 Å². The zero-order valence-corrected chi connectivity index (χ0v) is 22.8. The molecule has 0 aliphatic rings. The third-order valence-corrected chi connectivity index (χ3v) is 9.01. The first-order chi connectivity index (χ1) is 17.9. The van der Waals surface area contributed by atoms with Crippen LogP contribution >= 0.6 is 23.1 Å². The number of sulfonamides is 1. The minimum absolute atomic E-state index is 0.0766. The van der Waals surface area contributed by atoms with Crippen molar-refractivity contribution in [1.29, 1.82) is 0 Å². The lowest BCUT2D eigenvalue weighted by atomic mass is 10.2. The van der Waals surface area contributed by atoms with Gasteiger partial charge in [0.05, 0.1) is 17.2 Å². The first-order valence-corrected chi connectivity index (χ1v) is 14.7. The van der Waals surface area contributed by atoms with Crippen LogP contribution in [0.2, 0.25) is 0 Å². The van der Waals surface area contributed by atoms with Gasteiger partial charge in [-0.1, -0.05) is 83.3 Å². The van der Waals surface area contributed by atoms with Crippen LogP contribution in [0.3, 0.4) is 0 Å². The monoisotopic (exact) mass is 554 g/mol. The molecule has 3 aromatic carbocycles. The fraction of sp³-hybridized carbons (Fsp3) is 0.192. The number of carbonyl (C=O) groups is 1. The van der Waals surface area contributed by atoms with E-state index in [2.05, 4.69) is 15.5 Å². The highest BCUT2D eigenvalue weighted by atomic mass is 32.2. The lowest BCUT2D eigenvalue weighted by molar-refractivity contribution is -0.114.